The van der Waals surface area contributed by atoms with E-state index in [-0.39, 0.29) is 16.8 Å². The Labute approximate surface area is 123 Å². The Morgan fingerprint density at radius 3 is 2.43 bits per heavy atom. The smallest absolute Gasteiger partial charge is 0.254 e. The number of carbonyl (C=O) groups is 1. The molecule has 3 rings (SSSR count). The number of nitrogens with two attached hydrogens (primary N) is 1. The largest absolute Gasteiger partial charge is 0.388 e. The predicted molar refractivity (Wildman–Crippen MR) is 76.1 cm³/mol. The highest BCUT2D eigenvalue weighted by molar-refractivity contribution is 7.89. The molecule has 1 aromatic rings. The van der Waals surface area contributed by atoms with Crippen molar-refractivity contribution in [3.8, 4) is 0 Å². The van der Waals surface area contributed by atoms with E-state index in [2.05, 4.69) is 0 Å². The van der Waals surface area contributed by atoms with Gasteiger partial charge in [0.25, 0.3) is 5.91 Å². The third-order valence-corrected chi connectivity index (χ3v) is 5.26. The van der Waals surface area contributed by atoms with Crippen molar-refractivity contribution in [1.82, 2.24) is 4.90 Å². The first-order valence-electron chi connectivity index (χ1n) is 6.97. The quantitative estimate of drug-likeness (QED) is 0.847. The summed E-state index contributed by atoms with van der Waals surface area (Å²) < 4.78 is 22.4. The fraction of sp³-hybridized carbons (Fsp3) is 0.500. The minimum atomic E-state index is -3.75. The normalized spacial score (nSPS) is 24.1. The highest BCUT2D eigenvalue weighted by Crippen LogP contribution is 2.44. The summed E-state index contributed by atoms with van der Waals surface area (Å²) in [7, 11) is -3.75. The Morgan fingerprint density at radius 1 is 1.29 bits per heavy atom. The lowest BCUT2D eigenvalue weighted by atomic mass is 10.1. The maximum Gasteiger partial charge on any atom is 0.254 e. The topological polar surface area (TPSA) is 101 Å². The second-order valence-electron chi connectivity index (χ2n) is 5.83. The molecule has 0 spiro atoms. The third-order valence-electron chi connectivity index (χ3n) is 4.33. The zero-order valence-corrected chi connectivity index (χ0v) is 12.3. The average Bonchev–Trinajstić information content (AvgIpc) is 3.00. The van der Waals surface area contributed by atoms with E-state index in [1.165, 1.54) is 24.3 Å². The molecule has 6 nitrogen and oxygen atoms in total. The van der Waals surface area contributed by atoms with Crippen LogP contribution >= 0.6 is 0 Å². The monoisotopic (exact) mass is 310 g/mol. The molecular weight excluding hydrogens is 292 g/mol. The lowest BCUT2D eigenvalue weighted by Crippen LogP contribution is -2.44. The van der Waals surface area contributed by atoms with Gasteiger partial charge in [0.1, 0.15) is 0 Å². The van der Waals surface area contributed by atoms with Crippen molar-refractivity contribution in [1.29, 1.82) is 0 Å². The number of aliphatic hydroxyl groups is 1. The number of hydrogen-bond donors (Lipinski definition) is 2. The molecule has 3 N–H and O–H groups in total. The van der Waals surface area contributed by atoms with Crippen molar-refractivity contribution in [3.05, 3.63) is 29.8 Å². The Balaban J connectivity index is 1.82. The number of hydrogen-bond acceptors (Lipinski definition) is 4. The molecule has 1 amide bonds. The van der Waals surface area contributed by atoms with Gasteiger partial charge in [-0.3, -0.25) is 4.79 Å². The number of rotatable bonds is 3. The highest BCUT2D eigenvalue weighted by Gasteiger charge is 2.52. The molecule has 1 aliphatic heterocycles. The van der Waals surface area contributed by atoms with Gasteiger partial charge in [-0.2, -0.15) is 0 Å². The first-order chi connectivity index (χ1) is 9.81. The summed E-state index contributed by atoms with van der Waals surface area (Å²) in [6.45, 7) is 0.628. The molecule has 0 radical (unpaired) electrons. The van der Waals surface area contributed by atoms with E-state index >= 15 is 0 Å². The third kappa shape index (κ3) is 2.68. The molecule has 1 saturated carbocycles. The fourth-order valence-electron chi connectivity index (χ4n) is 2.98. The van der Waals surface area contributed by atoms with Gasteiger partial charge in [-0.25, -0.2) is 13.6 Å². The van der Waals surface area contributed by atoms with E-state index in [1.807, 2.05) is 0 Å². The summed E-state index contributed by atoms with van der Waals surface area (Å²) in [6, 6.07) is 5.48. The summed E-state index contributed by atoms with van der Waals surface area (Å²) >= 11 is 0. The van der Waals surface area contributed by atoms with Gasteiger partial charge in [-0.15, -0.1) is 0 Å². The Hall–Kier alpha value is -1.44. The number of sulfonamides is 1. The van der Waals surface area contributed by atoms with Gasteiger partial charge in [0.05, 0.1) is 16.5 Å². The Kier molecular flexibility index (Phi) is 3.31. The van der Waals surface area contributed by atoms with E-state index in [0.29, 0.717) is 12.1 Å². The average molecular weight is 310 g/mol. The first-order valence-corrected chi connectivity index (χ1v) is 8.52. The van der Waals surface area contributed by atoms with Gasteiger partial charge < -0.3 is 10.0 Å². The minimum absolute atomic E-state index is 0.0159. The van der Waals surface area contributed by atoms with E-state index < -0.39 is 15.6 Å². The molecule has 21 heavy (non-hydrogen) atoms. The van der Waals surface area contributed by atoms with Crippen LogP contribution in [0.2, 0.25) is 0 Å². The van der Waals surface area contributed by atoms with Crippen molar-refractivity contribution >= 4 is 15.9 Å². The van der Waals surface area contributed by atoms with E-state index in [1.54, 1.807) is 4.90 Å². The second kappa shape index (κ2) is 4.79. The van der Waals surface area contributed by atoms with E-state index in [9.17, 15) is 18.3 Å². The van der Waals surface area contributed by atoms with Crippen LogP contribution in [-0.4, -0.2) is 42.5 Å². The summed E-state index contributed by atoms with van der Waals surface area (Å²) in [6.07, 6.45) is 3.18. The molecule has 1 saturated heterocycles. The maximum absolute atomic E-state index is 12.5. The minimum Gasteiger partial charge on any atom is -0.388 e. The van der Waals surface area contributed by atoms with Crippen LogP contribution in [0.25, 0.3) is 0 Å². The van der Waals surface area contributed by atoms with Crippen molar-refractivity contribution < 1.29 is 18.3 Å². The van der Waals surface area contributed by atoms with Crippen LogP contribution in [0.15, 0.2) is 29.2 Å². The molecule has 0 bridgehead atoms. The SMILES string of the molecule is NS(=O)(=O)c1ccc(C(=O)N2CCCC2C2(O)CC2)cc1. The van der Waals surface area contributed by atoms with Gasteiger partial charge in [0.15, 0.2) is 0 Å². The van der Waals surface area contributed by atoms with Gasteiger partial charge in [0.2, 0.25) is 10.0 Å². The molecule has 2 fully saturated rings. The van der Waals surface area contributed by atoms with Gasteiger partial charge in [-0.05, 0) is 49.9 Å². The second-order valence-corrected chi connectivity index (χ2v) is 7.39. The number of amides is 1. The fourth-order valence-corrected chi connectivity index (χ4v) is 3.50. The molecular formula is C14H18N2O4S. The van der Waals surface area contributed by atoms with Crippen LogP contribution < -0.4 is 5.14 Å². The molecule has 114 valence electrons. The van der Waals surface area contributed by atoms with Crippen LogP contribution in [0.3, 0.4) is 0 Å². The highest BCUT2D eigenvalue weighted by atomic mass is 32.2. The maximum atomic E-state index is 12.5. The molecule has 1 heterocycles. The van der Waals surface area contributed by atoms with Crippen LogP contribution in [0.4, 0.5) is 0 Å². The van der Waals surface area contributed by atoms with Crippen molar-refractivity contribution in [2.75, 3.05) is 6.54 Å². The van der Waals surface area contributed by atoms with Gasteiger partial charge in [-0.1, -0.05) is 0 Å². The number of benzene rings is 1. The number of nitrogens with zero attached hydrogens (tertiary/aromatic N) is 1. The summed E-state index contributed by atoms with van der Waals surface area (Å²) in [5.41, 5.74) is -0.300. The number of carbonyl (C=O) groups excluding carboxylic acids is 1. The lowest BCUT2D eigenvalue weighted by molar-refractivity contribution is 0.0386. The van der Waals surface area contributed by atoms with E-state index in [4.69, 9.17) is 5.14 Å². The molecule has 1 unspecified atom stereocenters. The molecule has 1 aliphatic carbocycles. The molecule has 0 aromatic heterocycles. The van der Waals surface area contributed by atoms with E-state index in [0.717, 1.165) is 25.7 Å². The Morgan fingerprint density at radius 2 is 1.90 bits per heavy atom. The standard InChI is InChI=1S/C14H18N2O4S/c15-21(19,20)11-5-3-10(4-6-11)13(17)16-9-1-2-12(16)14(18)7-8-14/h3-6,12,18H,1-2,7-9H2,(H2,15,19,20). The van der Waals surface area contributed by atoms with Crippen molar-refractivity contribution in [3.63, 3.8) is 0 Å². The molecule has 1 aromatic carbocycles. The zero-order chi connectivity index (χ0) is 15.3. The molecule has 2 aliphatic rings. The van der Waals surface area contributed by atoms with Gasteiger partial charge in [0, 0.05) is 12.1 Å². The molecule has 1 atom stereocenters. The predicted octanol–water partition coefficient (Wildman–Crippen LogP) is 0.463. The zero-order valence-electron chi connectivity index (χ0n) is 11.5. The van der Waals surface area contributed by atoms with Crippen LogP contribution in [0.1, 0.15) is 36.0 Å². The first kappa shape index (κ1) is 14.5. The van der Waals surface area contributed by atoms with Crippen molar-refractivity contribution in [2.24, 2.45) is 5.14 Å². The lowest BCUT2D eigenvalue weighted by Gasteiger charge is -2.28. The van der Waals surface area contributed by atoms with Gasteiger partial charge >= 0.3 is 0 Å². The van der Waals surface area contributed by atoms with Crippen LogP contribution in [-0.2, 0) is 10.0 Å². The molecule has 7 heteroatoms. The van der Waals surface area contributed by atoms with Crippen LogP contribution in [0.5, 0.6) is 0 Å². The Bertz CT molecular complexity index is 665. The van der Waals surface area contributed by atoms with Crippen molar-refractivity contribution in [2.45, 2.75) is 42.2 Å². The summed E-state index contributed by atoms with van der Waals surface area (Å²) in [4.78, 5) is 14.2. The summed E-state index contributed by atoms with van der Waals surface area (Å²) in [5, 5.41) is 15.3. The van der Waals surface area contributed by atoms with Crippen LogP contribution in [0, 0.1) is 0 Å². The number of primary sulfonamides is 1. The number of likely N-dealkylation sites (tertiary alicyclic amines) is 1. The summed E-state index contributed by atoms with van der Waals surface area (Å²) in [5.74, 6) is -0.168.